The number of rotatable bonds is 6. The van der Waals surface area contributed by atoms with Crippen molar-refractivity contribution in [2.24, 2.45) is 0 Å². The molecule has 1 atom stereocenters. The Kier molecular flexibility index (Phi) is 5.22. The topological polar surface area (TPSA) is 47.7 Å². The maximum absolute atomic E-state index is 13.9. The molecule has 7 heteroatoms. The van der Waals surface area contributed by atoms with Crippen LogP contribution >= 0.6 is 0 Å². The van der Waals surface area contributed by atoms with Gasteiger partial charge < -0.3 is 5.32 Å². The van der Waals surface area contributed by atoms with Crippen LogP contribution in [0.25, 0.3) is 11.4 Å². The monoisotopic (exact) mass is 393 g/mol. The standard InChI is InChI=1S/C22H21F2N5/c1-15(20-13-27-29(16(20)2)19-7-5-6-18(23)10-19)25-11-17-12-26-28(14-17)22-9-4-3-8-21(22)24/h3-10,12-15,25H,11H2,1-2H3/t15-/m1/s1. The fraction of sp³-hybridized carbons (Fsp3) is 0.182. The number of halogens is 2. The van der Waals surface area contributed by atoms with Crippen LogP contribution in [0.4, 0.5) is 8.78 Å². The molecule has 4 aromatic rings. The van der Waals surface area contributed by atoms with Crippen molar-refractivity contribution in [2.75, 3.05) is 0 Å². The molecule has 2 aromatic carbocycles. The van der Waals surface area contributed by atoms with E-state index in [0.717, 1.165) is 16.8 Å². The van der Waals surface area contributed by atoms with Crippen molar-refractivity contribution in [3.8, 4) is 11.4 Å². The first-order chi connectivity index (χ1) is 14.0. The van der Waals surface area contributed by atoms with Crippen molar-refractivity contribution >= 4 is 0 Å². The van der Waals surface area contributed by atoms with Crippen LogP contribution < -0.4 is 5.32 Å². The average Bonchev–Trinajstić information content (AvgIpc) is 3.33. The molecule has 0 aliphatic heterocycles. The minimum Gasteiger partial charge on any atom is -0.306 e. The summed E-state index contributed by atoms with van der Waals surface area (Å²) in [5.41, 5.74) is 4.01. The second kappa shape index (κ2) is 7.97. The van der Waals surface area contributed by atoms with E-state index in [-0.39, 0.29) is 17.7 Å². The molecule has 0 bridgehead atoms. The van der Waals surface area contributed by atoms with Crippen LogP contribution in [0.3, 0.4) is 0 Å². The summed E-state index contributed by atoms with van der Waals surface area (Å²) in [6.07, 6.45) is 5.32. The van der Waals surface area contributed by atoms with Gasteiger partial charge in [-0.3, -0.25) is 0 Å². The lowest BCUT2D eigenvalue weighted by molar-refractivity contribution is 0.571. The summed E-state index contributed by atoms with van der Waals surface area (Å²) in [4.78, 5) is 0. The highest BCUT2D eigenvalue weighted by Gasteiger charge is 2.15. The molecule has 5 nitrogen and oxygen atoms in total. The van der Waals surface area contributed by atoms with Gasteiger partial charge in [-0.2, -0.15) is 10.2 Å². The van der Waals surface area contributed by atoms with E-state index in [0.29, 0.717) is 17.9 Å². The quantitative estimate of drug-likeness (QED) is 0.525. The number of para-hydroxylation sites is 1. The summed E-state index contributed by atoms with van der Waals surface area (Å²) in [6.45, 7) is 4.57. The summed E-state index contributed by atoms with van der Waals surface area (Å²) in [6, 6.07) is 12.9. The Balaban J connectivity index is 1.46. The Morgan fingerprint density at radius 3 is 2.66 bits per heavy atom. The number of benzene rings is 2. The van der Waals surface area contributed by atoms with Gasteiger partial charge in [-0.1, -0.05) is 18.2 Å². The predicted molar refractivity (Wildman–Crippen MR) is 107 cm³/mol. The van der Waals surface area contributed by atoms with E-state index in [1.165, 1.54) is 22.9 Å². The fourth-order valence-corrected chi connectivity index (χ4v) is 3.32. The van der Waals surface area contributed by atoms with E-state index in [9.17, 15) is 8.78 Å². The van der Waals surface area contributed by atoms with E-state index in [1.807, 2.05) is 19.9 Å². The van der Waals surface area contributed by atoms with Crippen LogP contribution in [-0.4, -0.2) is 19.6 Å². The molecular weight excluding hydrogens is 372 g/mol. The zero-order valence-corrected chi connectivity index (χ0v) is 16.2. The first-order valence-corrected chi connectivity index (χ1v) is 9.35. The van der Waals surface area contributed by atoms with Crippen molar-refractivity contribution in [3.63, 3.8) is 0 Å². The number of hydrogen-bond acceptors (Lipinski definition) is 3. The van der Waals surface area contributed by atoms with E-state index in [4.69, 9.17) is 0 Å². The molecule has 0 fully saturated rings. The van der Waals surface area contributed by atoms with Crippen molar-refractivity contribution < 1.29 is 8.78 Å². The second-order valence-corrected chi connectivity index (χ2v) is 6.92. The first kappa shape index (κ1) is 19.0. The SMILES string of the molecule is Cc1c([C@@H](C)NCc2cnn(-c3ccccc3F)c2)cnn1-c1cccc(F)c1. The number of nitrogens with zero attached hydrogens (tertiary/aromatic N) is 4. The average molecular weight is 393 g/mol. The van der Waals surface area contributed by atoms with E-state index in [2.05, 4.69) is 15.5 Å². The molecule has 0 radical (unpaired) electrons. The van der Waals surface area contributed by atoms with Gasteiger partial charge in [-0.05, 0) is 44.2 Å². The number of aromatic nitrogens is 4. The third-order valence-corrected chi connectivity index (χ3v) is 4.91. The van der Waals surface area contributed by atoms with Crippen LogP contribution in [0.2, 0.25) is 0 Å². The Labute approximate surface area is 167 Å². The van der Waals surface area contributed by atoms with Crippen LogP contribution in [0.15, 0.2) is 67.1 Å². The van der Waals surface area contributed by atoms with Crippen LogP contribution in [0.1, 0.15) is 29.8 Å². The lowest BCUT2D eigenvalue weighted by Crippen LogP contribution is -2.18. The molecule has 0 spiro atoms. The van der Waals surface area contributed by atoms with Crippen molar-refractivity contribution in [3.05, 3.63) is 95.6 Å². The zero-order valence-electron chi connectivity index (χ0n) is 16.2. The van der Waals surface area contributed by atoms with Gasteiger partial charge in [-0.25, -0.2) is 18.1 Å². The molecule has 0 aliphatic rings. The van der Waals surface area contributed by atoms with E-state index in [1.54, 1.807) is 47.5 Å². The highest BCUT2D eigenvalue weighted by atomic mass is 19.1. The smallest absolute Gasteiger partial charge is 0.148 e. The third kappa shape index (κ3) is 3.95. The van der Waals surface area contributed by atoms with Gasteiger partial charge in [0, 0.05) is 35.6 Å². The maximum Gasteiger partial charge on any atom is 0.148 e. The molecule has 0 saturated carbocycles. The number of nitrogens with one attached hydrogen (secondary N) is 1. The zero-order chi connectivity index (χ0) is 20.4. The fourth-order valence-electron chi connectivity index (χ4n) is 3.32. The Morgan fingerprint density at radius 2 is 1.86 bits per heavy atom. The molecule has 148 valence electrons. The van der Waals surface area contributed by atoms with Gasteiger partial charge in [0.2, 0.25) is 0 Å². The van der Waals surface area contributed by atoms with Crippen LogP contribution in [-0.2, 0) is 6.54 Å². The molecule has 2 aromatic heterocycles. The van der Waals surface area contributed by atoms with Crippen molar-refractivity contribution in [1.29, 1.82) is 0 Å². The lowest BCUT2D eigenvalue weighted by atomic mass is 10.1. The highest BCUT2D eigenvalue weighted by molar-refractivity contribution is 5.36. The predicted octanol–water partition coefficient (Wildman–Crippen LogP) is 4.50. The number of hydrogen-bond donors (Lipinski definition) is 1. The third-order valence-electron chi connectivity index (χ3n) is 4.91. The molecule has 0 unspecified atom stereocenters. The minimum atomic E-state index is -0.316. The van der Waals surface area contributed by atoms with Gasteiger partial charge >= 0.3 is 0 Å². The minimum absolute atomic E-state index is 0.0223. The molecular formula is C22H21F2N5. The van der Waals surface area contributed by atoms with Gasteiger partial charge in [-0.15, -0.1) is 0 Å². The van der Waals surface area contributed by atoms with Crippen LogP contribution in [0.5, 0.6) is 0 Å². The van der Waals surface area contributed by atoms with Gasteiger partial charge in [0.1, 0.15) is 17.3 Å². The summed E-state index contributed by atoms with van der Waals surface area (Å²) in [5.74, 6) is -0.610. The lowest BCUT2D eigenvalue weighted by Gasteiger charge is -2.13. The Bertz CT molecular complexity index is 1130. The van der Waals surface area contributed by atoms with Crippen LogP contribution in [0, 0.1) is 18.6 Å². The van der Waals surface area contributed by atoms with Crippen molar-refractivity contribution in [2.45, 2.75) is 26.4 Å². The molecule has 0 amide bonds. The van der Waals surface area contributed by atoms with Gasteiger partial charge in [0.05, 0.1) is 18.1 Å². The molecule has 0 aliphatic carbocycles. The largest absolute Gasteiger partial charge is 0.306 e. The Hall–Kier alpha value is -3.32. The van der Waals surface area contributed by atoms with Gasteiger partial charge in [0.15, 0.2) is 0 Å². The van der Waals surface area contributed by atoms with E-state index < -0.39 is 0 Å². The molecule has 4 rings (SSSR count). The highest BCUT2D eigenvalue weighted by Crippen LogP contribution is 2.21. The molecule has 0 saturated heterocycles. The Morgan fingerprint density at radius 1 is 1.03 bits per heavy atom. The summed E-state index contributed by atoms with van der Waals surface area (Å²) in [5, 5.41) is 12.1. The van der Waals surface area contributed by atoms with E-state index >= 15 is 0 Å². The summed E-state index contributed by atoms with van der Waals surface area (Å²) >= 11 is 0. The van der Waals surface area contributed by atoms with Crippen molar-refractivity contribution in [1.82, 2.24) is 24.9 Å². The summed E-state index contributed by atoms with van der Waals surface area (Å²) < 4.78 is 30.7. The molecule has 29 heavy (non-hydrogen) atoms. The normalized spacial score (nSPS) is 12.3. The second-order valence-electron chi connectivity index (χ2n) is 6.92. The maximum atomic E-state index is 13.9. The first-order valence-electron chi connectivity index (χ1n) is 9.35. The summed E-state index contributed by atoms with van der Waals surface area (Å²) in [7, 11) is 0. The van der Waals surface area contributed by atoms with Gasteiger partial charge in [0.25, 0.3) is 0 Å². The molecule has 2 heterocycles. The molecule has 1 N–H and O–H groups in total.